The van der Waals surface area contributed by atoms with Gasteiger partial charge in [0.25, 0.3) is 0 Å². The molecule has 0 atom stereocenters. The number of aliphatic hydroxyl groups is 1. The van der Waals surface area contributed by atoms with Crippen molar-refractivity contribution in [2.45, 2.75) is 50.7 Å². The summed E-state index contributed by atoms with van der Waals surface area (Å²) in [5.41, 5.74) is -0.810. The first-order chi connectivity index (χ1) is 7.20. The fourth-order valence-corrected chi connectivity index (χ4v) is 2.34. The maximum absolute atomic E-state index is 11.3. The number of aromatic nitrogens is 2. The largest absolute Gasteiger partial charge is 0.388 e. The number of imidazole rings is 1. The molecule has 0 bridgehead atoms. The molecule has 1 aromatic heterocycles. The van der Waals surface area contributed by atoms with Gasteiger partial charge in [0.05, 0.1) is 12.1 Å². The molecule has 4 nitrogen and oxygen atoms in total. The summed E-state index contributed by atoms with van der Waals surface area (Å²) in [7, 11) is 0. The van der Waals surface area contributed by atoms with Crippen LogP contribution in [0.2, 0.25) is 0 Å². The summed E-state index contributed by atoms with van der Waals surface area (Å²) in [5, 5.41) is 10.4. The highest BCUT2D eigenvalue weighted by atomic mass is 16.3. The highest BCUT2D eigenvalue weighted by Gasteiger charge is 2.28. The van der Waals surface area contributed by atoms with Crippen LogP contribution in [-0.4, -0.2) is 20.3 Å². The molecular weight excluding hydrogens is 192 g/mol. The van der Waals surface area contributed by atoms with Crippen LogP contribution in [0, 0.1) is 0 Å². The van der Waals surface area contributed by atoms with Gasteiger partial charge < -0.3 is 10.1 Å². The topological polar surface area (TPSA) is 58.0 Å². The molecule has 84 valence electrons. The highest BCUT2D eigenvalue weighted by Crippen LogP contribution is 2.27. The van der Waals surface area contributed by atoms with Crippen molar-refractivity contribution < 1.29 is 5.11 Å². The SMILES string of the molecule is O=c1[nH]ccn1CC1(O)CCCCCC1. The Labute approximate surface area is 88.9 Å². The second kappa shape index (κ2) is 4.23. The molecule has 1 aliphatic carbocycles. The first kappa shape index (κ1) is 10.5. The average Bonchev–Trinajstić information content (AvgIpc) is 2.48. The maximum atomic E-state index is 11.3. The Balaban J connectivity index is 2.09. The van der Waals surface area contributed by atoms with Gasteiger partial charge in [0.15, 0.2) is 0 Å². The van der Waals surface area contributed by atoms with Crippen molar-refractivity contribution in [3.63, 3.8) is 0 Å². The van der Waals surface area contributed by atoms with Crippen molar-refractivity contribution in [2.75, 3.05) is 0 Å². The van der Waals surface area contributed by atoms with E-state index in [2.05, 4.69) is 4.98 Å². The molecule has 1 heterocycles. The first-order valence-electron chi connectivity index (χ1n) is 5.66. The molecule has 0 spiro atoms. The van der Waals surface area contributed by atoms with Crippen LogP contribution in [0.3, 0.4) is 0 Å². The van der Waals surface area contributed by atoms with E-state index in [1.807, 2.05) is 0 Å². The van der Waals surface area contributed by atoms with Crippen molar-refractivity contribution in [3.05, 3.63) is 22.9 Å². The van der Waals surface area contributed by atoms with Gasteiger partial charge in [-0.1, -0.05) is 25.7 Å². The van der Waals surface area contributed by atoms with Gasteiger partial charge >= 0.3 is 5.69 Å². The minimum absolute atomic E-state index is 0.132. The summed E-state index contributed by atoms with van der Waals surface area (Å²) >= 11 is 0. The van der Waals surface area contributed by atoms with Gasteiger partial charge in [0, 0.05) is 12.4 Å². The molecule has 2 N–H and O–H groups in total. The molecule has 15 heavy (non-hydrogen) atoms. The average molecular weight is 210 g/mol. The van der Waals surface area contributed by atoms with Gasteiger partial charge in [-0.3, -0.25) is 4.57 Å². The zero-order valence-electron chi connectivity index (χ0n) is 8.91. The minimum Gasteiger partial charge on any atom is -0.388 e. The molecule has 0 unspecified atom stereocenters. The standard InChI is InChI=1S/C11H18N2O2/c14-10-12-7-8-13(10)9-11(15)5-3-1-2-4-6-11/h7-8,15H,1-6,9H2,(H,12,14). The third-order valence-electron chi connectivity index (χ3n) is 3.22. The number of rotatable bonds is 2. The van der Waals surface area contributed by atoms with Gasteiger partial charge in [-0.05, 0) is 12.8 Å². The van der Waals surface area contributed by atoms with Crippen LogP contribution in [0.1, 0.15) is 38.5 Å². The number of H-pyrrole nitrogens is 1. The molecular formula is C11H18N2O2. The van der Waals surface area contributed by atoms with Gasteiger partial charge in [-0.15, -0.1) is 0 Å². The lowest BCUT2D eigenvalue weighted by Gasteiger charge is -2.26. The fraction of sp³-hybridized carbons (Fsp3) is 0.727. The van der Waals surface area contributed by atoms with Crippen LogP contribution in [0.25, 0.3) is 0 Å². The van der Waals surface area contributed by atoms with Crippen LogP contribution in [0.4, 0.5) is 0 Å². The lowest BCUT2D eigenvalue weighted by molar-refractivity contribution is 0.00726. The number of nitrogens with zero attached hydrogens (tertiary/aromatic N) is 1. The predicted molar refractivity (Wildman–Crippen MR) is 57.7 cm³/mol. The van der Waals surface area contributed by atoms with Crippen molar-refractivity contribution >= 4 is 0 Å². The third kappa shape index (κ3) is 2.50. The summed E-state index contributed by atoms with van der Waals surface area (Å²) in [4.78, 5) is 13.9. The maximum Gasteiger partial charge on any atom is 0.325 e. The fourth-order valence-electron chi connectivity index (χ4n) is 2.34. The molecule has 0 saturated heterocycles. The molecule has 2 rings (SSSR count). The quantitative estimate of drug-likeness (QED) is 0.722. The summed E-state index contributed by atoms with van der Waals surface area (Å²) in [6.45, 7) is 0.426. The highest BCUT2D eigenvalue weighted by molar-refractivity contribution is 4.85. The van der Waals surface area contributed by atoms with Crippen molar-refractivity contribution in [1.29, 1.82) is 0 Å². The Morgan fingerprint density at radius 2 is 2.00 bits per heavy atom. The Hall–Kier alpha value is -1.03. The predicted octanol–water partition coefficient (Wildman–Crippen LogP) is 1.26. The van der Waals surface area contributed by atoms with Gasteiger partial charge in [-0.2, -0.15) is 0 Å². The second-order valence-electron chi connectivity index (χ2n) is 4.53. The van der Waals surface area contributed by atoms with Crippen molar-refractivity contribution in [2.24, 2.45) is 0 Å². The molecule has 0 aromatic carbocycles. The van der Waals surface area contributed by atoms with Crippen molar-refractivity contribution in [3.8, 4) is 0 Å². The van der Waals surface area contributed by atoms with E-state index in [0.29, 0.717) is 6.54 Å². The molecule has 0 radical (unpaired) electrons. The number of aromatic amines is 1. The van der Waals surface area contributed by atoms with E-state index in [-0.39, 0.29) is 5.69 Å². The van der Waals surface area contributed by atoms with Crippen LogP contribution in [0.15, 0.2) is 17.2 Å². The zero-order valence-corrected chi connectivity index (χ0v) is 8.91. The normalized spacial score (nSPS) is 21.1. The van der Waals surface area contributed by atoms with E-state index in [9.17, 15) is 9.90 Å². The number of nitrogens with one attached hydrogen (secondary N) is 1. The van der Waals surface area contributed by atoms with Crippen LogP contribution < -0.4 is 5.69 Å². The van der Waals surface area contributed by atoms with Gasteiger partial charge in [-0.25, -0.2) is 4.79 Å². The van der Waals surface area contributed by atoms with E-state index in [4.69, 9.17) is 0 Å². The van der Waals surface area contributed by atoms with E-state index >= 15 is 0 Å². The number of hydrogen-bond donors (Lipinski definition) is 2. The molecule has 0 amide bonds. The van der Waals surface area contributed by atoms with Crippen LogP contribution >= 0.6 is 0 Å². The molecule has 4 heteroatoms. The van der Waals surface area contributed by atoms with Crippen molar-refractivity contribution in [1.82, 2.24) is 9.55 Å². The summed E-state index contributed by atoms with van der Waals surface area (Å²) in [5.74, 6) is 0. The molecule has 1 saturated carbocycles. The van der Waals surface area contributed by atoms with E-state index in [1.165, 1.54) is 12.8 Å². The Bertz CT molecular complexity index is 359. The van der Waals surface area contributed by atoms with E-state index in [1.54, 1.807) is 17.0 Å². The summed E-state index contributed by atoms with van der Waals surface area (Å²) in [6, 6.07) is 0. The number of hydrogen-bond acceptors (Lipinski definition) is 2. The molecule has 1 aliphatic rings. The Morgan fingerprint density at radius 1 is 1.33 bits per heavy atom. The smallest absolute Gasteiger partial charge is 0.325 e. The second-order valence-corrected chi connectivity index (χ2v) is 4.53. The Kier molecular flexibility index (Phi) is 2.95. The van der Waals surface area contributed by atoms with E-state index < -0.39 is 5.60 Å². The van der Waals surface area contributed by atoms with Crippen LogP contribution in [-0.2, 0) is 6.54 Å². The summed E-state index contributed by atoms with van der Waals surface area (Å²) in [6.07, 6.45) is 9.46. The summed E-state index contributed by atoms with van der Waals surface area (Å²) < 4.78 is 1.56. The lowest BCUT2D eigenvalue weighted by atomic mass is 9.94. The molecule has 1 fully saturated rings. The monoisotopic (exact) mass is 210 g/mol. The minimum atomic E-state index is -0.678. The lowest BCUT2D eigenvalue weighted by Crippen LogP contribution is -2.36. The Morgan fingerprint density at radius 3 is 2.53 bits per heavy atom. The molecule has 0 aliphatic heterocycles. The van der Waals surface area contributed by atoms with Gasteiger partial charge in [0.2, 0.25) is 0 Å². The first-order valence-corrected chi connectivity index (χ1v) is 5.66. The zero-order chi connectivity index (χ0) is 10.7. The molecule has 1 aromatic rings. The third-order valence-corrected chi connectivity index (χ3v) is 3.22. The van der Waals surface area contributed by atoms with Gasteiger partial charge in [0.1, 0.15) is 0 Å². The van der Waals surface area contributed by atoms with Crippen LogP contribution in [0.5, 0.6) is 0 Å². The van der Waals surface area contributed by atoms with E-state index in [0.717, 1.165) is 25.7 Å².